The van der Waals surface area contributed by atoms with Crippen molar-refractivity contribution in [2.24, 2.45) is 0 Å². The Morgan fingerprint density at radius 1 is 1.07 bits per heavy atom. The summed E-state index contributed by atoms with van der Waals surface area (Å²) >= 11 is 2.92. The molecule has 0 saturated heterocycles. The summed E-state index contributed by atoms with van der Waals surface area (Å²) in [6.45, 7) is 4.06. The van der Waals surface area contributed by atoms with Crippen LogP contribution in [0.2, 0.25) is 0 Å². The van der Waals surface area contributed by atoms with Crippen LogP contribution in [0.4, 0.5) is 5.13 Å². The first-order valence-electron chi connectivity index (χ1n) is 9.21. The van der Waals surface area contributed by atoms with Crippen molar-refractivity contribution in [1.82, 2.24) is 20.2 Å². The molecule has 0 unspecified atom stereocenters. The summed E-state index contributed by atoms with van der Waals surface area (Å²) in [5.41, 5.74) is 3.94. The molecule has 29 heavy (non-hydrogen) atoms. The Morgan fingerprint density at radius 3 is 2.59 bits per heavy atom. The van der Waals surface area contributed by atoms with Gasteiger partial charge >= 0.3 is 0 Å². The maximum absolute atomic E-state index is 12.7. The second-order valence-corrected chi connectivity index (χ2v) is 8.62. The second kappa shape index (κ2) is 8.59. The van der Waals surface area contributed by atoms with E-state index < -0.39 is 0 Å². The largest absolute Gasteiger partial charge is 0.300 e. The number of aromatic nitrogens is 4. The van der Waals surface area contributed by atoms with Gasteiger partial charge in [-0.15, -0.1) is 21.5 Å². The fraction of sp³-hybridized carbons (Fsp3) is 0.190. The van der Waals surface area contributed by atoms with Gasteiger partial charge in [0, 0.05) is 28.4 Å². The number of pyridine rings is 1. The van der Waals surface area contributed by atoms with E-state index in [-0.39, 0.29) is 12.3 Å². The first kappa shape index (κ1) is 19.4. The molecule has 0 fully saturated rings. The molecule has 1 amide bonds. The van der Waals surface area contributed by atoms with Crippen molar-refractivity contribution in [2.45, 2.75) is 26.7 Å². The summed E-state index contributed by atoms with van der Waals surface area (Å²) in [6, 6.07) is 12.0. The number of nitrogens with zero attached hydrogens (tertiary/aromatic N) is 4. The maximum atomic E-state index is 12.7. The minimum Gasteiger partial charge on any atom is -0.300 e. The summed E-state index contributed by atoms with van der Waals surface area (Å²) < 4.78 is 0. The van der Waals surface area contributed by atoms with E-state index in [9.17, 15) is 4.79 Å². The fourth-order valence-electron chi connectivity index (χ4n) is 2.78. The Hall–Kier alpha value is -2.97. The highest BCUT2D eigenvalue weighted by Crippen LogP contribution is 2.34. The monoisotopic (exact) mass is 421 g/mol. The molecule has 1 aromatic carbocycles. The number of nitrogens with one attached hydrogen (secondary N) is 1. The summed E-state index contributed by atoms with van der Waals surface area (Å²) in [7, 11) is 0. The molecule has 0 aliphatic carbocycles. The SMILES string of the molecule is CCc1nnc(NC(=O)Cc2sc(-c3cccnc3)nc2-c2ccc(C)cc2)s1. The number of rotatable bonds is 6. The number of carbonyl (C=O) groups is 1. The standard InChI is InChI=1S/C21H19N5OS2/c1-3-18-25-26-21(29-18)23-17(27)11-16-19(14-8-6-13(2)7-9-14)24-20(28-16)15-5-4-10-22-12-15/h4-10,12H,3,11H2,1-2H3,(H,23,26,27). The molecule has 0 radical (unpaired) electrons. The number of thiazole rings is 1. The first-order valence-corrected chi connectivity index (χ1v) is 10.8. The molecular weight excluding hydrogens is 402 g/mol. The summed E-state index contributed by atoms with van der Waals surface area (Å²) in [6.07, 6.45) is 4.55. The maximum Gasteiger partial charge on any atom is 0.231 e. The zero-order valence-corrected chi connectivity index (χ0v) is 17.7. The molecule has 146 valence electrons. The minimum atomic E-state index is -0.126. The third kappa shape index (κ3) is 4.55. The molecule has 8 heteroatoms. The van der Waals surface area contributed by atoms with Crippen LogP contribution < -0.4 is 5.32 Å². The van der Waals surface area contributed by atoms with E-state index in [1.807, 2.05) is 38.1 Å². The second-order valence-electron chi connectivity index (χ2n) is 6.48. The van der Waals surface area contributed by atoms with Gasteiger partial charge in [-0.1, -0.05) is 48.1 Å². The normalized spacial score (nSPS) is 10.8. The quantitative estimate of drug-likeness (QED) is 0.485. The van der Waals surface area contributed by atoms with Crippen molar-refractivity contribution >= 4 is 33.7 Å². The molecule has 4 rings (SSSR count). The van der Waals surface area contributed by atoms with Crippen LogP contribution in [0, 0.1) is 6.92 Å². The van der Waals surface area contributed by atoms with Crippen molar-refractivity contribution in [3.05, 3.63) is 64.2 Å². The smallest absolute Gasteiger partial charge is 0.231 e. The number of hydrogen-bond donors (Lipinski definition) is 1. The van der Waals surface area contributed by atoms with Gasteiger partial charge in [-0.25, -0.2) is 4.98 Å². The molecular formula is C21H19N5OS2. The van der Waals surface area contributed by atoms with Crippen LogP contribution in [0.5, 0.6) is 0 Å². The number of hydrogen-bond acceptors (Lipinski definition) is 7. The van der Waals surface area contributed by atoms with E-state index in [4.69, 9.17) is 4.98 Å². The van der Waals surface area contributed by atoms with Crippen LogP contribution in [0.1, 0.15) is 22.4 Å². The van der Waals surface area contributed by atoms with Crippen LogP contribution in [0.25, 0.3) is 21.8 Å². The highest BCUT2D eigenvalue weighted by Gasteiger charge is 2.18. The van der Waals surface area contributed by atoms with Gasteiger partial charge in [0.15, 0.2) is 0 Å². The van der Waals surface area contributed by atoms with E-state index >= 15 is 0 Å². The molecule has 0 atom stereocenters. The Kier molecular flexibility index (Phi) is 5.73. The first-order chi connectivity index (χ1) is 14.1. The van der Waals surface area contributed by atoms with Crippen LogP contribution >= 0.6 is 22.7 Å². The zero-order chi connectivity index (χ0) is 20.2. The highest BCUT2D eigenvalue weighted by molar-refractivity contribution is 7.16. The van der Waals surface area contributed by atoms with Gasteiger partial charge in [0.1, 0.15) is 10.0 Å². The summed E-state index contributed by atoms with van der Waals surface area (Å²) in [4.78, 5) is 22.6. The zero-order valence-electron chi connectivity index (χ0n) is 16.0. The summed E-state index contributed by atoms with van der Waals surface area (Å²) in [5, 5.41) is 13.2. The van der Waals surface area contributed by atoms with Crippen LogP contribution in [0.15, 0.2) is 48.8 Å². The van der Waals surface area contributed by atoms with Gasteiger partial charge in [0.25, 0.3) is 0 Å². The molecule has 4 aromatic rings. The number of carbonyl (C=O) groups excluding carboxylic acids is 1. The minimum absolute atomic E-state index is 0.126. The lowest BCUT2D eigenvalue weighted by Gasteiger charge is -2.03. The molecule has 3 aromatic heterocycles. The van der Waals surface area contributed by atoms with Gasteiger partial charge in [-0.05, 0) is 25.5 Å². The average Bonchev–Trinajstić information content (AvgIpc) is 3.36. The van der Waals surface area contributed by atoms with Crippen molar-refractivity contribution in [3.8, 4) is 21.8 Å². The van der Waals surface area contributed by atoms with Crippen molar-refractivity contribution in [2.75, 3.05) is 5.32 Å². The predicted molar refractivity (Wildman–Crippen MR) is 117 cm³/mol. The van der Waals surface area contributed by atoms with Crippen molar-refractivity contribution in [3.63, 3.8) is 0 Å². The molecule has 0 saturated carbocycles. The van der Waals surface area contributed by atoms with E-state index in [2.05, 4.69) is 32.6 Å². The van der Waals surface area contributed by atoms with E-state index in [1.165, 1.54) is 28.2 Å². The lowest BCUT2D eigenvalue weighted by molar-refractivity contribution is -0.115. The average molecular weight is 422 g/mol. The molecule has 1 N–H and O–H groups in total. The van der Waals surface area contributed by atoms with Gasteiger partial charge < -0.3 is 5.32 Å². The lowest BCUT2D eigenvalue weighted by Crippen LogP contribution is -2.14. The Bertz CT molecular complexity index is 1120. The third-order valence-electron chi connectivity index (χ3n) is 4.27. The van der Waals surface area contributed by atoms with E-state index in [0.29, 0.717) is 5.13 Å². The Morgan fingerprint density at radius 2 is 1.90 bits per heavy atom. The third-order valence-corrected chi connectivity index (χ3v) is 6.36. The van der Waals surface area contributed by atoms with Crippen molar-refractivity contribution < 1.29 is 4.79 Å². The molecule has 0 aliphatic heterocycles. The van der Waals surface area contributed by atoms with Crippen LogP contribution in [0.3, 0.4) is 0 Å². The lowest BCUT2D eigenvalue weighted by atomic mass is 10.1. The van der Waals surface area contributed by atoms with Crippen LogP contribution in [-0.2, 0) is 17.6 Å². The Balaban J connectivity index is 1.64. The van der Waals surface area contributed by atoms with Crippen molar-refractivity contribution in [1.29, 1.82) is 0 Å². The fourth-order valence-corrected chi connectivity index (χ4v) is 4.55. The predicted octanol–water partition coefficient (Wildman–Crippen LogP) is 4.78. The van der Waals surface area contributed by atoms with Gasteiger partial charge in [0.05, 0.1) is 12.1 Å². The van der Waals surface area contributed by atoms with E-state index in [1.54, 1.807) is 12.4 Å². The number of benzene rings is 1. The Labute approximate surface area is 176 Å². The topological polar surface area (TPSA) is 80.7 Å². The van der Waals surface area contributed by atoms with Gasteiger partial charge in [0.2, 0.25) is 11.0 Å². The van der Waals surface area contributed by atoms with Gasteiger partial charge in [-0.3, -0.25) is 9.78 Å². The molecule has 0 bridgehead atoms. The molecule has 0 aliphatic rings. The molecule has 0 spiro atoms. The number of amides is 1. The van der Waals surface area contributed by atoms with E-state index in [0.717, 1.165) is 38.1 Å². The molecule has 3 heterocycles. The van der Waals surface area contributed by atoms with Gasteiger partial charge in [-0.2, -0.15) is 0 Å². The van der Waals surface area contributed by atoms with Crippen LogP contribution in [-0.4, -0.2) is 26.1 Å². The highest BCUT2D eigenvalue weighted by atomic mass is 32.1. The number of aryl methyl sites for hydroxylation is 2. The number of anilines is 1. The summed E-state index contributed by atoms with van der Waals surface area (Å²) in [5.74, 6) is -0.126. The molecule has 6 nitrogen and oxygen atoms in total.